The first-order valence-electron chi connectivity index (χ1n) is 8.54. The summed E-state index contributed by atoms with van der Waals surface area (Å²) >= 11 is 0. The number of nitrogens with one attached hydrogen (secondary N) is 1. The molecule has 1 saturated carbocycles. The Balaban J connectivity index is 1.50. The van der Waals surface area contributed by atoms with Crippen molar-refractivity contribution in [3.63, 3.8) is 0 Å². The van der Waals surface area contributed by atoms with Crippen LogP contribution in [0.15, 0.2) is 12.2 Å². The number of rotatable bonds is 6. The standard InChI is InChI=1S/C17H24N2O4/c20-13-3-1-9-19(13)10-2-8-18-16(21)14-11-4-6-12(7-5-11)15(14)17(22)23/h4,6,11-12,14-15H,1-3,5,7-10H2,(H,18,21)(H,22,23)/t11-,12-,14+,15-/m0/s1. The highest BCUT2D eigenvalue weighted by atomic mass is 16.4. The van der Waals surface area contributed by atoms with Crippen LogP contribution in [-0.4, -0.2) is 47.4 Å². The number of aliphatic carboxylic acids is 1. The summed E-state index contributed by atoms with van der Waals surface area (Å²) in [6, 6.07) is 0. The molecule has 6 nitrogen and oxygen atoms in total. The monoisotopic (exact) mass is 320 g/mol. The third-order valence-corrected chi connectivity index (χ3v) is 5.41. The molecule has 4 aliphatic rings. The molecule has 0 spiro atoms. The fraction of sp³-hybridized carbons (Fsp3) is 0.706. The van der Waals surface area contributed by atoms with E-state index in [9.17, 15) is 19.5 Å². The summed E-state index contributed by atoms with van der Waals surface area (Å²) in [6.07, 6.45) is 8.00. The fourth-order valence-corrected chi connectivity index (χ4v) is 4.23. The minimum absolute atomic E-state index is 0.0181. The van der Waals surface area contributed by atoms with E-state index in [4.69, 9.17) is 0 Å². The third kappa shape index (κ3) is 3.26. The first-order valence-corrected chi connectivity index (χ1v) is 8.54. The highest BCUT2D eigenvalue weighted by molar-refractivity contribution is 5.86. The molecule has 3 aliphatic carbocycles. The zero-order valence-corrected chi connectivity index (χ0v) is 13.2. The van der Waals surface area contributed by atoms with Crippen molar-refractivity contribution in [1.82, 2.24) is 10.2 Å². The van der Waals surface area contributed by atoms with Gasteiger partial charge >= 0.3 is 5.97 Å². The van der Waals surface area contributed by atoms with Gasteiger partial charge in [0.1, 0.15) is 0 Å². The van der Waals surface area contributed by atoms with Gasteiger partial charge in [0.15, 0.2) is 0 Å². The average molecular weight is 320 g/mol. The van der Waals surface area contributed by atoms with Gasteiger partial charge in [-0.05, 0) is 37.5 Å². The second-order valence-corrected chi connectivity index (χ2v) is 6.81. The number of amides is 2. The summed E-state index contributed by atoms with van der Waals surface area (Å²) in [5, 5.41) is 12.4. The van der Waals surface area contributed by atoms with Crippen LogP contribution in [0.2, 0.25) is 0 Å². The van der Waals surface area contributed by atoms with Crippen LogP contribution in [0.3, 0.4) is 0 Å². The molecule has 0 radical (unpaired) electrons. The summed E-state index contributed by atoms with van der Waals surface area (Å²) in [4.78, 5) is 37.4. The molecule has 4 atom stereocenters. The quantitative estimate of drug-likeness (QED) is 0.565. The number of likely N-dealkylation sites (tertiary alicyclic amines) is 1. The summed E-state index contributed by atoms with van der Waals surface area (Å²) in [7, 11) is 0. The molecule has 0 aromatic rings. The number of hydrogen-bond acceptors (Lipinski definition) is 3. The van der Waals surface area contributed by atoms with E-state index in [0.717, 1.165) is 25.8 Å². The van der Waals surface area contributed by atoms with Crippen LogP contribution in [0.1, 0.15) is 32.1 Å². The lowest BCUT2D eigenvalue weighted by molar-refractivity contribution is -0.153. The van der Waals surface area contributed by atoms with Crippen LogP contribution >= 0.6 is 0 Å². The van der Waals surface area contributed by atoms with Crippen molar-refractivity contribution >= 4 is 17.8 Å². The molecule has 0 unspecified atom stereocenters. The van der Waals surface area contributed by atoms with Gasteiger partial charge < -0.3 is 15.3 Å². The number of carbonyl (C=O) groups is 3. The van der Waals surface area contributed by atoms with E-state index in [0.29, 0.717) is 25.9 Å². The van der Waals surface area contributed by atoms with Crippen molar-refractivity contribution in [1.29, 1.82) is 0 Å². The maximum atomic E-state index is 12.5. The predicted molar refractivity (Wildman–Crippen MR) is 83.4 cm³/mol. The highest BCUT2D eigenvalue weighted by Gasteiger charge is 2.47. The maximum Gasteiger partial charge on any atom is 0.307 e. The minimum Gasteiger partial charge on any atom is -0.481 e. The summed E-state index contributed by atoms with van der Waals surface area (Å²) in [5.41, 5.74) is 0. The van der Waals surface area contributed by atoms with Gasteiger partial charge in [0.2, 0.25) is 11.8 Å². The van der Waals surface area contributed by atoms with Crippen LogP contribution < -0.4 is 5.32 Å². The van der Waals surface area contributed by atoms with E-state index in [1.807, 2.05) is 17.1 Å². The van der Waals surface area contributed by atoms with Gasteiger partial charge in [0.05, 0.1) is 11.8 Å². The van der Waals surface area contributed by atoms with Crippen LogP contribution in [0.4, 0.5) is 0 Å². The van der Waals surface area contributed by atoms with E-state index >= 15 is 0 Å². The van der Waals surface area contributed by atoms with Crippen molar-refractivity contribution < 1.29 is 19.5 Å². The van der Waals surface area contributed by atoms with Gasteiger partial charge in [0.25, 0.3) is 0 Å². The molecule has 2 bridgehead atoms. The van der Waals surface area contributed by atoms with Crippen LogP contribution in [-0.2, 0) is 14.4 Å². The largest absolute Gasteiger partial charge is 0.481 e. The lowest BCUT2D eigenvalue weighted by atomic mass is 9.62. The number of carbonyl (C=O) groups excluding carboxylic acids is 2. The maximum absolute atomic E-state index is 12.5. The first-order chi connectivity index (χ1) is 11.1. The summed E-state index contributed by atoms with van der Waals surface area (Å²) in [6.45, 7) is 1.97. The Hall–Kier alpha value is -1.85. The number of allylic oxidation sites excluding steroid dienone is 2. The van der Waals surface area contributed by atoms with E-state index in [1.165, 1.54) is 0 Å². The minimum atomic E-state index is -0.869. The van der Waals surface area contributed by atoms with Crippen LogP contribution in [0.5, 0.6) is 0 Å². The topological polar surface area (TPSA) is 86.7 Å². The van der Waals surface area contributed by atoms with Gasteiger partial charge in [-0.2, -0.15) is 0 Å². The number of hydrogen-bond donors (Lipinski definition) is 2. The molecule has 2 fully saturated rings. The summed E-state index contributed by atoms with van der Waals surface area (Å²) < 4.78 is 0. The Bertz CT molecular complexity index is 531. The average Bonchev–Trinajstić information content (AvgIpc) is 2.96. The van der Waals surface area contributed by atoms with Gasteiger partial charge in [-0.25, -0.2) is 0 Å². The lowest BCUT2D eigenvalue weighted by Crippen LogP contribution is -2.49. The summed E-state index contributed by atoms with van der Waals surface area (Å²) in [5.74, 6) is -1.85. The molecule has 126 valence electrons. The van der Waals surface area contributed by atoms with E-state index in [1.54, 1.807) is 0 Å². The molecule has 1 heterocycles. The van der Waals surface area contributed by atoms with Crippen LogP contribution in [0, 0.1) is 23.7 Å². The Morgan fingerprint density at radius 3 is 2.48 bits per heavy atom. The van der Waals surface area contributed by atoms with E-state index in [-0.39, 0.29) is 23.7 Å². The third-order valence-electron chi connectivity index (χ3n) is 5.41. The van der Waals surface area contributed by atoms with Crippen molar-refractivity contribution in [2.45, 2.75) is 32.1 Å². The SMILES string of the molecule is O=C(O)[C@@H]1[C@H](C(=O)NCCCN2CCCC2=O)[C@H]2C=C[C@H]1CC2. The predicted octanol–water partition coefficient (Wildman–Crippen LogP) is 1.03. The molecule has 23 heavy (non-hydrogen) atoms. The van der Waals surface area contributed by atoms with E-state index in [2.05, 4.69) is 5.32 Å². The number of carboxylic acids is 1. The molecule has 2 N–H and O–H groups in total. The Morgan fingerprint density at radius 2 is 1.91 bits per heavy atom. The Morgan fingerprint density at radius 1 is 1.22 bits per heavy atom. The van der Waals surface area contributed by atoms with Crippen LogP contribution in [0.25, 0.3) is 0 Å². The molecule has 6 heteroatoms. The number of nitrogens with zero attached hydrogens (tertiary/aromatic N) is 1. The first kappa shape index (κ1) is 16.0. The molecular formula is C17H24N2O4. The highest BCUT2D eigenvalue weighted by Crippen LogP contribution is 2.45. The van der Waals surface area contributed by atoms with Gasteiger partial charge in [-0.15, -0.1) is 0 Å². The molecule has 0 aromatic carbocycles. The molecule has 0 aromatic heterocycles. The Labute approximate surface area is 135 Å². The van der Waals surface area contributed by atoms with Gasteiger partial charge in [0, 0.05) is 26.1 Å². The van der Waals surface area contributed by atoms with E-state index < -0.39 is 17.8 Å². The lowest BCUT2D eigenvalue weighted by Gasteiger charge is -2.41. The smallest absolute Gasteiger partial charge is 0.307 e. The van der Waals surface area contributed by atoms with Crippen molar-refractivity contribution in [2.75, 3.05) is 19.6 Å². The number of fused-ring (bicyclic) bond motifs is 2. The second kappa shape index (κ2) is 6.72. The molecule has 1 saturated heterocycles. The molecular weight excluding hydrogens is 296 g/mol. The van der Waals surface area contributed by atoms with Gasteiger partial charge in [-0.3, -0.25) is 14.4 Å². The van der Waals surface area contributed by atoms with Gasteiger partial charge in [-0.1, -0.05) is 12.2 Å². The normalized spacial score (nSPS) is 32.3. The number of carboxylic acid groups (broad SMARTS) is 1. The Kier molecular flexibility index (Phi) is 4.68. The van der Waals surface area contributed by atoms with Crippen molar-refractivity contribution in [3.05, 3.63) is 12.2 Å². The second-order valence-electron chi connectivity index (χ2n) is 6.81. The zero-order valence-electron chi connectivity index (χ0n) is 13.2. The molecule has 2 amide bonds. The molecule has 1 aliphatic heterocycles. The van der Waals surface area contributed by atoms with Crippen molar-refractivity contribution in [3.8, 4) is 0 Å². The fourth-order valence-electron chi connectivity index (χ4n) is 4.23. The zero-order chi connectivity index (χ0) is 16.4. The molecule has 4 rings (SSSR count). The van der Waals surface area contributed by atoms with Crippen molar-refractivity contribution in [2.24, 2.45) is 23.7 Å².